The molecule has 0 bridgehead atoms. The number of carbonyl (C=O) groups excluding carboxylic acids is 2. The first-order valence-electron chi connectivity index (χ1n) is 6.68. The van der Waals surface area contributed by atoms with E-state index in [4.69, 9.17) is 23.2 Å². The van der Waals surface area contributed by atoms with Crippen LogP contribution in [0.15, 0.2) is 18.2 Å². The van der Waals surface area contributed by atoms with Crippen LogP contribution < -0.4 is 16.0 Å². The molecule has 1 aliphatic rings. The minimum absolute atomic E-state index is 0.0290. The SMILES string of the molecule is CNC(=O)NCC(=O)NCC1CC1c1ccc(Cl)cc1Cl. The highest BCUT2D eigenvalue weighted by molar-refractivity contribution is 6.35. The van der Waals surface area contributed by atoms with Crippen molar-refractivity contribution in [2.75, 3.05) is 20.1 Å². The first-order chi connectivity index (χ1) is 10.0. The number of benzene rings is 1. The first kappa shape index (κ1) is 15.9. The summed E-state index contributed by atoms with van der Waals surface area (Å²) in [6.07, 6.45) is 0.991. The zero-order chi connectivity index (χ0) is 15.4. The number of rotatable bonds is 5. The van der Waals surface area contributed by atoms with Gasteiger partial charge in [0.05, 0.1) is 6.54 Å². The van der Waals surface area contributed by atoms with Crippen molar-refractivity contribution >= 4 is 35.1 Å². The zero-order valence-electron chi connectivity index (χ0n) is 11.6. The topological polar surface area (TPSA) is 70.2 Å². The van der Waals surface area contributed by atoms with Gasteiger partial charge in [-0.3, -0.25) is 4.79 Å². The Kier molecular flexibility index (Phi) is 5.31. The van der Waals surface area contributed by atoms with E-state index in [1.165, 1.54) is 7.05 Å². The molecule has 2 rings (SSSR count). The summed E-state index contributed by atoms with van der Waals surface area (Å²) in [6.45, 7) is 0.552. The number of nitrogens with one attached hydrogen (secondary N) is 3. The van der Waals surface area contributed by atoms with Crippen molar-refractivity contribution in [3.8, 4) is 0 Å². The van der Waals surface area contributed by atoms with Crippen LogP contribution in [0.3, 0.4) is 0 Å². The van der Waals surface area contributed by atoms with Crippen molar-refractivity contribution in [3.05, 3.63) is 33.8 Å². The van der Waals surface area contributed by atoms with Crippen LogP contribution in [0.5, 0.6) is 0 Å². The van der Waals surface area contributed by atoms with E-state index in [1.807, 2.05) is 12.1 Å². The van der Waals surface area contributed by atoms with Crippen molar-refractivity contribution < 1.29 is 9.59 Å². The maximum atomic E-state index is 11.6. The fraction of sp³-hybridized carbons (Fsp3) is 0.429. The Morgan fingerprint density at radius 1 is 1.29 bits per heavy atom. The number of carbonyl (C=O) groups is 2. The largest absolute Gasteiger partial charge is 0.354 e. The van der Waals surface area contributed by atoms with Crippen LogP contribution in [-0.2, 0) is 4.79 Å². The molecule has 3 N–H and O–H groups in total. The first-order valence-corrected chi connectivity index (χ1v) is 7.44. The number of urea groups is 1. The van der Waals surface area contributed by atoms with Gasteiger partial charge in [0.1, 0.15) is 0 Å². The Morgan fingerprint density at radius 3 is 2.71 bits per heavy atom. The van der Waals surface area contributed by atoms with Gasteiger partial charge >= 0.3 is 6.03 Å². The molecule has 7 heteroatoms. The Morgan fingerprint density at radius 2 is 2.05 bits per heavy atom. The monoisotopic (exact) mass is 329 g/mol. The molecule has 0 saturated heterocycles. The maximum absolute atomic E-state index is 11.6. The van der Waals surface area contributed by atoms with Crippen molar-refractivity contribution in [1.82, 2.24) is 16.0 Å². The van der Waals surface area contributed by atoms with Crippen LogP contribution in [0.4, 0.5) is 4.79 Å². The molecule has 1 aliphatic carbocycles. The molecular weight excluding hydrogens is 313 g/mol. The predicted octanol–water partition coefficient (Wildman–Crippen LogP) is 2.14. The minimum Gasteiger partial charge on any atom is -0.354 e. The van der Waals surface area contributed by atoms with E-state index in [9.17, 15) is 9.59 Å². The molecule has 2 atom stereocenters. The van der Waals surface area contributed by atoms with Gasteiger partial charge in [-0.15, -0.1) is 0 Å². The number of amides is 3. The highest BCUT2D eigenvalue weighted by Crippen LogP contribution is 2.49. The summed E-state index contributed by atoms with van der Waals surface area (Å²) in [5, 5.41) is 8.91. The molecule has 21 heavy (non-hydrogen) atoms. The van der Waals surface area contributed by atoms with Crippen molar-refractivity contribution in [2.24, 2.45) is 5.92 Å². The highest BCUT2D eigenvalue weighted by Gasteiger charge is 2.39. The number of halogens is 2. The van der Waals surface area contributed by atoms with Crippen LogP contribution in [0.2, 0.25) is 10.0 Å². The van der Waals surface area contributed by atoms with Gasteiger partial charge in [-0.05, 0) is 36.0 Å². The summed E-state index contributed by atoms with van der Waals surface area (Å²) in [5.41, 5.74) is 1.07. The Bertz CT molecular complexity index is 551. The van der Waals surface area contributed by atoms with Gasteiger partial charge in [0.15, 0.2) is 0 Å². The lowest BCUT2D eigenvalue weighted by Gasteiger charge is -2.07. The molecule has 0 spiro atoms. The fourth-order valence-electron chi connectivity index (χ4n) is 2.21. The van der Waals surface area contributed by atoms with Gasteiger partial charge in [0.25, 0.3) is 0 Å². The van der Waals surface area contributed by atoms with Crippen LogP contribution >= 0.6 is 23.2 Å². The molecule has 114 valence electrons. The molecule has 5 nitrogen and oxygen atoms in total. The van der Waals surface area contributed by atoms with E-state index >= 15 is 0 Å². The smallest absolute Gasteiger partial charge is 0.314 e. The molecule has 0 aromatic heterocycles. The molecule has 0 radical (unpaired) electrons. The normalized spacial score (nSPS) is 19.8. The molecule has 0 heterocycles. The van der Waals surface area contributed by atoms with E-state index in [-0.39, 0.29) is 18.5 Å². The van der Waals surface area contributed by atoms with Gasteiger partial charge < -0.3 is 16.0 Å². The molecular formula is C14H17Cl2N3O2. The molecule has 1 saturated carbocycles. The average Bonchev–Trinajstić information content (AvgIpc) is 3.21. The quantitative estimate of drug-likeness (QED) is 0.774. The van der Waals surface area contributed by atoms with E-state index in [0.717, 1.165) is 12.0 Å². The van der Waals surface area contributed by atoms with Crippen LogP contribution in [-0.4, -0.2) is 32.1 Å². The van der Waals surface area contributed by atoms with Crippen molar-refractivity contribution in [2.45, 2.75) is 12.3 Å². The summed E-state index contributed by atoms with van der Waals surface area (Å²) < 4.78 is 0. The van der Waals surface area contributed by atoms with Crippen molar-refractivity contribution in [1.29, 1.82) is 0 Å². The minimum atomic E-state index is -0.373. The van der Waals surface area contributed by atoms with Gasteiger partial charge in [0.2, 0.25) is 5.91 Å². The molecule has 1 aromatic rings. The standard InChI is InChI=1S/C14H17Cl2N3O2/c1-17-14(21)19-7-13(20)18-6-8-4-11(8)10-3-2-9(15)5-12(10)16/h2-3,5,8,11H,4,6-7H2,1H3,(H,18,20)(H2,17,19,21). The van der Waals surface area contributed by atoms with Gasteiger partial charge in [-0.1, -0.05) is 29.3 Å². The summed E-state index contributed by atoms with van der Waals surface area (Å²) in [7, 11) is 1.50. The van der Waals surface area contributed by atoms with E-state index < -0.39 is 0 Å². The number of hydrogen-bond donors (Lipinski definition) is 3. The lowest BCUT2D eigenvalue weighted by atomic mass is 10.1. The third-order valence-electron chi connectivity index (χ3n) is 3.48. The molecule has 0 aliphatic heterocycles. The van der Waals surface area contributed by atoms with Crippen molar-refractivity contribution in [3.63, 3.8) is 0 Å². The highest BCUT2D eigenvalue weighted by atomic mass is 35.5. The molecule has 2 unspecified atom stereocenters. The summed E-state index contributed by atoms with van der Waals surface area (Å²) in [6, 6.07) is 5.12. The molecule has 1 fully saturated rings. The Hall–Kier alpha value is -1.46. The summed E-state index contributed by atoms with van der Waals surface area (Å²) >= 11 is 12.0. The fourth-order valence-corrected chi connectivity index (χ4v) is 2.76. The Labute approximate surface area is 133 Å². The predicted molar refractivity (Wildman–Crippen MR) is 82.8 cm³/mol. The molecule has 3 amide bonds. The van der Waals surface area contributed by atoms with Gasteiger partial charge in [-0.25, -0.2) is 4.79 Å². The third kappa shape index (κ3) is 4.51. The van der Waals surface area contributed by atoms with Crippen LogP contribution in [0.1, 0.15) is 17.9 Å². The van der Waals surface area contributed by atoms with Crippen LogP contribution in [0, 0.1) is 5.92 Å². The summed E-state index contributed by atoms with van der Waals surface area (Å²) in [4.78, 5) is 22.5. The maximum Gasteiger partial charge on any atom is 0.314 e. The van der Waals surface area contributed by atoms with E-state index in [2.05, 4.69) is 16.0 Å². The lowest BCUT2D eigenvalue weighted by Crippen LogP contribution is -2.41. The molecule has 1 aromatic carbocycles. The van der Waals surface area contributed by atoms with E-state index in [0.29, 0.717) is 28.4 Å². The summed E-state index contributed by atoms with van der Waals surface area (Å²) in [5.74, 6) is 0.543. The van der Waals surface area contributed by atoms with Gasteiger partial charge in [0, 0.05) is 23.6 Å². The van der Waals surface area contributed by atoms with Gasteiger partial charge in [-0.2, -0.15) is 0 Å². The number of hydrogen-bond acceptors (Lipinski definition) is 2. The second-order valence-corrected chi connectivity index (χ2v) is 5.85. The second-order valence-electron chi connectivity index (χ2n) is 5.00. The Balaban J connectivity index is 1.74. The third-order valence-corrected chi connectivity index (χ3v) is 4.04. The average molecular weight is 330 g/mol. The second kappa shape index (κ2) is 7.00. The van der Waals surface area contributed by atoms with E-state index in [1.54, 1.807) is 6.07 Å². The van der Waals surface area contributed by atoms with Crippen LogP contribution in [0.25, 0.3) is 0 Å². The lowest BCUT2D eigenvalue weighted by molar-refractivity contribution is -0.120. The zero-order valence-corrected chi connectivity index (χ0v) is 13.1.